The maximum atomic E-state index is 12.8. The van der Waals surface area contributed by atoms with E-state index in [1.807, 2.05) is 47.4 Å². The third-order valence-electron chi connectivity index (χ3n) is 7.37. The van der Waals surface area contributed by atoms with Gasteiger partial charge < -0.3 is 19.1 Å². The van der Waals surface area contributed by atoms with Gasteiger partial charge in [-0.15, -0.1) is 0 Å². The first-order valence-corrected chi connectivity index (χ1v) is 13.3. The van der Waals surface area contributed by atoms with Gasteiger partial charge in [-0.05, 0) is 12.1 Å². The number of hydrogen-bond acceptors (Lipinski definition) is 8. The van der Waals surface area contributed by atoms with E-state index in [1.54, 1.807) is 4.90 Å². The molecule has 1 aromatic carbocycles. The quantitative estimate of drug-likeness (QED) is 0.357. The van der Waals surface area contributed by atoms with Gasteiger partial charge in [0.25, 0.3) is 0 Å². The predicted octanol–water partition coefficient (Wildman–Crippen LogP) is 2.31. The summed E-state index contributed by atoms with van der Waals surface area (Å²) in [5.74, 6) is 2.20. The highest BCUT2D eigenvalue weighted by molar-refractivity contribution is 5.86. The maximum Gasteiger partial charge on any atom is 0.401 e. The van der Waals surface area contributed by atoms with E-state index < -0.39 is 12.7 Å². The Bertz CT molecular complexity index is 1560. The van der Waals surface area contributed by atoms with E-state index in [1.165, 1.54) is 0 Å². The number of para-hydroxylation sites is 2. The number of amides is 1. The number of aryl methyl sites for hydroxylation is 2. The summed E-state index contributed by atoms with van der Waals surface area (Å²) in [5.41, 5.74) is 2.96. The van der Waals surface area contributed by atoms with Gasteiger partial charge >= 0.3 is 6.18 Å². The fourth-order valence-corrected chi connectivity index (χ4v) is 5.34. The number of hydrogen-bond donors (Lipinski definition) is 0. The lowest BCUT2D eigenvalue weighted by Gasteiger charge is -2.34. The molecule has 0 atom stereocenters. The van der Waals surface area contributed by atoms with E-state index in [9.17, 15) is 18.0 Å². The average Bonchev–Trinajstić information content (AvgIpc) is 3.46. The van der Waals surface area contributed by atoms with E-state index in [0.29, 0.717) is 61.5 Å². The number of imidazole rings is 2. The van der Waals surface area contributed by atoms with E-state index in [0.717, 1.165) is 21.8 Å². The first-order valence-electron chi connectivity index (χ1n) is 13.3. The Morgan fingerprint density at radius 3 is 2.48 bits per heavy atom. The highest BCUT2D eigenvalue weighted by Gasteiger charge is 2.35. The van der Waals surface area contributed by atoms with Gasteiger partial charge in [0, 0.05) is 39.6 Å². The summed E-state index contributed by atoms with van der Waals surface area (Å²) < 4.78 is 47.9. The number of carbonyl (C=O) groups excluding carboxylic acids is 1. The van der Waals surface area contributed by atoms with Crippen molar-refractivity contribution in [1.82, 2.24) is 38.9 Å². The number of halogens is 3. The Morgan fingerprint density at radius 1 is 0.975 bits per heavy atom. The van der Waals surface area contributed by atoms with Gasteiger partial charge in [-0.1, -0.05) is 19.1 Å². The lowest BCUT2D eigenvalue weighted by molar-refractivity contribution is -0.157. The van der Waals surface area contributed by atoms with Crippen molar-refractivity contribution in [2.45, 2.75) is 26.1 Å². The number of nitrogens with zero attached hydrogens (tertiary/aromatic N) is 9. The van der Waals surface area contributed by atoms with Crippen LogP contribution < -0.4 is 4.90 Å². The Kier molecular flexibility index (Phi) is 6.82. The topological polar surface area (TPSA) is 97.4 Å². The van der Waals surface area contributed by atoms with Crippen molar-refractivity contribution in [2.75, 3.05) is 57.4 Å². The summed E-state index contributed by atoms with van der Waals surface area (Å²) in [6.45, 7) is 3.56. The molecule has 11 nitrogen and oxygen atoms in total. The smallest absolute Gasteiger partial charge is 0.378 e. The standard InChI is InChI=1S/C26H30F3N9O2/c1-3-19-30-17-6-4-5-7-18(17)38(19)25-32-23-22(24(33-25)36-10-12-40-13-11-36)31-20(34(23)2)14-37-9-8-35(15-21(37)39)16-26(27,28)29/h4-7H,3,8-16H2,1-2H3. The second-order valence-electron chi connectivity index (χ2n) is 10.1. The van der Waals surface area contributed by atoms with Crippen molar-refractivity contribution >= 4 is 33.9 Å². The van der Waals surface area contributed by atoms with Crippen LogP contribution in [-0.4, -0.2) is 103 Å². The van der Waals surface area contributed by atoms with E-state index in [2.05, 4.69) is 4.90 Å². The number of ether oxygens (including phenoxy) is 1. The Hall–Kier alpha value is -3.78. The summed E-state index contributed by atoms with van der Waals surface area (Å²) in [7, 11) is 1.83. The molecule has 0 unspecified atom stereocenters. The summed E-state index contributed by atoms with van der Waals surface area (Å²) in [5, 5.41) is 0. The van der Waals surface area contributed by atoms with Crippen LogP contribution in [0.25, 0.3) is 28.1 Å². The van der Waals surface area contributed by atoms with Gasteiger partial charge in [-0.3, -0.25) is 14.3 Å². The third kappa shape index (κ3) is 4.96. The summed E-state index contributed by atoms with van der Waals surface area (Å²) >= 11 is 0. The first kappa shape index (κ1) is 26.4. The summed E-state index contributed by atoms with van der Waals surface area (Å²) in [6, 6.07) is 7.84. The Balaban J connectivity index is 1.40. The monoisotopic (exact) mass is 557 g/mol. The van der Waals surface area contributed by atoms with Crippen molar-refractivity contribution in [3.63, 3.8) is 0 Å². The molecule has 2 saturated heterocycles. The maximum absolute atomic E-state index is 12.8. The van der Waals surface area contributed by atoms with Crippen molar-refractivity contribution in [3.05, 3.63) is 35.9 Å². The molecule has 3 aromatic heterocycles. The minimum Gasteiger partial charge on any atom is -0.378 e. The molecule has 0 bridgehead atoms. The van der Waals surface area contributed by atoms with Gasteiger partial charge in [0.15, 0.2) is 17.0 Å². The molecule has 0 N–H and O–H groups in total. The van der Waals surface area contributed by atoms with Crippen LogP contribution in [-0.2, 0) is 29.5 Å². The van der Waals surface area contributed by atoms with Crippen LogP contribution >= 0.6 is 0 Å². The highest BCUT2D eigenvalue weighted by atomic mass is 19.4. The number of fused-ring (bicyclic) bond motifs is 2. The van der Waals surface area contributed by atoms with Crippen LogP contribution in [0.1, 0.15) is 18.6 Å². The van der Waals surface area contributed by atoms with Crippen molar-refractivity contribution in [2.24, 2.45) is 7.05 Å². The number of morpholine rings is 1. The normalized spacial score (nSPS) is 17.5. The Labute approximate surface area is 228 Å². The van der Waals surface area contributed by atoms with E-state index >= 15 is 0 Å². The van der Waals surface area contributed by atoms with Gasteiger partial charge in [0.1, 0.15) is 11.6 Å². The number of benzene rings is 1. The van der Waals surface area contributed by atoms with Crippen LogP contribution in [0.4, 0.5) is 19.0 Å². The molecular weight excluding hydrogens is 527 g/mol. The third-order valence-corrected chi connectivity index (χ3v) is 7.37. The fourth-order valence-electron chi connectivity index (χ4n) is 5.34. The van der Waals surface area contributed by atoms with Crippen LogP contribution in [0.2, 0.25) is 0 Å². The number of carbonyl (C=O) groups is 1. The molecule has 14 heteroatoms. The first-order chi connectivity index (χ1) is 19.2. The van der Waals surface area contributed by atoms with Crippen molar-refractivity contribution in [3.8, 4) is 5.95 Å². The van der Waals surface area contributed by atoms with Crippen LogP contribution in [0.3, 0.4) is 0 Å². The van der Waals surface area contributed by atoms with E-state index in [4.69, 9.17) is 24.7 Å². The molecule has 0 spiro atoms. The number of piperazine rings is 1. The van der Waals surface area contributed by atoms with Gasteiger partial charge in [0.05, 0.1) is 43.9 Å². The van der Waals surface area contributed by atoms with Crippen LogP contribution in [0.5, 0.6) is 0 Å². The van der Waals surface area contributed by atoms with Gasteiger partial charge in [-0.2, -0.15) is 23.1 Å². The average molecular weight is 558 g/mol. The number of rotatable bonds is 6. The molecule has 212 valence electrons. The van der Waals surface area contributed by atoms with E-state index in [-0.39, 0.29) is 32.1 Å². The largest absolute Gasteiger partial charge is 0.401 e. The molecule has 6 rings (SSSR count). The van der Waals surface area contributed by atoms with Crippen molar-refractivity contribution < 1.29 is 22.7 Å². The molecule has 0 radical (unpaired) electrons. The second-order valence-corrected chi connectivity index (χ2v) is 10.1. The molecule has 2 aliphatic heterocycles. The number of aromatic nitrogens is 6. The molecule has 5 heterocycles. The summed E-state index contributed by atoms with van der Waals surface area (Å²) in [6.07, 6.45) is -3.66. The van der Waals surface area contributed by atoms with Crippen LogP contribution in [0, 0.1) is 0 Å². The number of alkyl halides is 3. The molecule has 1 amide bonds. The molecule has 0 saturated carbocycles. The second kappa shape index (κ2) is 10.3. The molecule has 0 aliphatic carbocycles. The predicted molar refractivity (Wildman–Crippen MR) is 141 cm³/mol. The zero-order valence-corrected chi connectivity index (χ0v) is 22.4. The molecule has 4 aromatic rings. The van der Waals surface area contributed by atoms with Crippen molar-refractivity contribution in [1.29, 1.82) is 0 Å². The Morgan fingerprint density at radius 2 is 1.75 bits per heavy atom. The molecule has 2 aliphatic rings. The molecular formula is C26H30F3N9O2. The lowest BCUT2D eigenvalue weighted by atomic mass is 10.3. The van der Waals surface area contributed by atoms with Gasteiger partial charge in [-0.25, -0.2) is 9.97 Å². The zero-order chi connectivity index (χ0) is 28.0. The molecule has 40 heavy (non-hydrogen) atoms. The van der Waals surface area contributed by atoms with Crippen LogP contribution in [0.15, 0.2) is 24.3 Å². The SMILES string of the molecule is CCc1nc2ccccc2n1-c1nc(N2CCOCC2)c2nc(CN3CCN(CC(F)(F)F)CC3=O)n(C)c2n1. The van der Waals surface area contributed by atoms with Gasteiger partial charge in [0.2, 0.25) is 11.9 Å². The minimum absolute atomic E-state index is 0.145. The zero-order valence-electron chi connectivity index (χ0n) is 22.4. The fraction of sp³-hybridized carbons (Fsp3) is 0.500. The lowest BCUT2D eigenvalue weighted by Crippen LogP contribution is -2.52. The minimum atomic E-state index is -4.34. The highest BCUT2D eigenvalue weighted by Crippen LogP contribution is 2.29. The number of anilines is 1. The summed E-state index contributed by atoms with van der Waals surface area (Å²) in [4.78, 5) is 37.1. The molecule has 2 fully saturated rings.